The highest BCUT2D eigenvalue weighted by molar-refractivity contribution is 7.89. The molecule has 0 aliphatic heterocycles. The number of nitrogens with two attached hydrogens (primary N) is 1. The number of benzene rings is 2. The van der Waals surface area contributed by atoms with E-state index in [2.05, 4.69) is 20.8 Å². The van der Waals surface area contributed by atoms with Crippen molar-refractivity contribution in [1.29, 1.82) is 0 Å². The summed E-state index contributed by atoms with van der Waals surface area (Å²) >= 11 is 0. The van der Waals surface area contributed by atoms with E-state index in [4.69, 9.17) is 9.88 Å². The van der Waals surface area contributed by atoms with Crippen LogP contribution in [0.3, 0.4) is 0 Å². The third kappa shape index (κ3) is 5.24. The number of aromatic nitrogens is 3. The molecule has 0 bridgehead atoms. The van der Waals surface area contributed by atoms with Crippen LogP contribution in [0.15, 0.2) is 53.4 Å². The molecule has 0 radical (unpaired) electrons. The summed E-state index contributed by atoms with van der Waals surface area (Å²) in [5.41, 5.74) is 1.09. The van der Waals surface area contributed by atoms with Crippen molar-refractivity contribution in [3.63, 3.8) is 0 Å². The van der Waals surface area contributed by atoms with Crippen molar-refractivity contribution in [3.05, 3.63) is 59.9 Å². The lowest BCUT2D eigenvalue weighted by atomic mass is 10.0. The predicted octanol–water partition coefficient (Wildman–Crippen LogP) is 3.03. The van der Waals surface area contributed by atoms with Crippen LogP contribution < -0.4 is 20.5 Å². The Hall–Kier alpha value is -3.44. The molecule has 10 nitrogen and oxygen atoms in total. The first-order chi connectivity index (χ1) is 15.2. The summed E-state index contributed by atoms with van der Waals surface area (Å²) in [6.07, 6.45) is 0. The third-order valence-electron chi connectivity index (χ3n) is 4.78. The highest BCUT2D eigenvalue weighted by atomic mass is 32.2. The number of hydrogen-bond acceptors (Lipinski definition) is 6. The maximum atomic E-state index is 12.0. The average Bonchev–Trinajstić information content (AvgIpc) is 3.15. The zero-order valence-corrected chi connectivity index (χ0v) is 18.9. The van der Waals surface area contributed by atoms with Gasteiger partial charge >= 0.3 is 12.0 Å². The maximum Gasteiger partial charge on any atom is 0.322 e. The van der Waals surface area contributed by atoms with Gasteiger partial charge in [0.05, 0.1) is 4.90 Å². The second kappa shape index (κ2) is 9.79. The molecule has 0 spiro atoms. The molecule has 2 aromatic carbocycles. The monoisotopic (exact) mass is 458 g/mol. The van der Waals surface area contributed by atoms with Gasteiger partial charge in [-0.15, -0.1) is 5.10 Å². The molecule has 0 saturated carbocycles. The first-order valence-corrected chi connectivity index (χ1v) is 11.7. The lowest BCUT2D eigenvalue weighted by molar-refractivity contribution is 0.252. The Morgan fingerprint density at radius 1 is 1.16 bits per heavy atom. The van der Waals surface area contributed by atoms with E-state index in [1.54, 1.807) is 47.0 Å². The zero-order chi connectivity index (χ0) is 23.3. The molecule has 11 heteroatoms. The largest absolute Gasteiger partial charge is 0.424 e. The van der Waals surface area contributed by atoms with Gasteiger partial charge in [0, 0.05) is 30.8 Å². The maximum absolute atomic E-state index is 12.0. The van der Waals surface area contributed by atoms with Crippen molar-refractivity contribution in [1.82, 2.24) is 20.1 Å². The van der Waals surface area contributed by atoms with Gasteiger partial charge in [-0.1, -0.05) is 36.3 Å². The highest BCUT2D eigenvalue weighted by Gasteiger charge is 2.24. The minimum atomic E-state index is -3.90. The molecule has 32 heavy (non-hydrogen) atoms. The number of primary sulfonamides is 1. The Kier molecular flexibility index (Phi) is 7.11. The minimum absolute atomic E-state index is 0.0461. The molecule has 170 valence electrons. The number of carbonyl (C=O) groups excluding carboxylic acids is 1. The molecular formula is C21H26N6O4S. The van der Waals surface area contributed by atoms with Crippen LogP contribution in [0.2, 0.25) is 0 Å². The van der Waals surface area contributed by atoms with Crippen LogP contribution in [-0.4, -0.2) is 35.8 Å². The Morgan fingerprint density at radius 3 is 2.59 bits per heavy atom. The van der Waals surface area contributed by atoms with Crippen molar-refractivity contribution < 1.29 is 17.9 Å². The van der Waals surface area contributed by atoms with Gasteiger partial charge < -0.3 is 15.4 Å². The number of sulfonamides is 1. The smallest absolute Gasteiger partial charge is 0.322 e. The van der Waals surface area contributed by atoms with E-state index in [0.717, 1.165) is 0 Å². The first-order valence-electron chi connectivity index (χ1n) is 10.1. The number of nitrogens with zero attached hydrogens (tertiary/aromatic N) is 3. The van der Waals surface area contributed by atoms with Gasteiger partial charge in [0.25, 0.3) is 0 Å². The van der Waals surface area contributed by atoms with Crippen molar-refractivity contribution in [2.45, 2.75) is 38.1 Å². The van der Waals surface area contributed by atoms with Crippen LogP contribution in [0.4, 0.5) is 10.5 Å². The van der Waals surface area contributed by atoms with Crippen LogP contribution in [0.5, 0.6) is 11.8 Å². The summed E-state index contributed by atoms with van der Waals surface area (Å²) in [6, 6.07) is 13.4. The molecule has 2 amide bonds. The van der Waals surface area contributed by atoms with E-state index in [1.165, 1.54) is 6.07 Å². The second-order valence-corrected chi connectivity index (χ2v) is 8.53. The number of hydrogen-bond donors (Lipinski definition) is 3. The summed E-state index contributed by atoms with van der Waals surface area (Å²) in [5, 5.41) is 19.2. The number of anilines is 1. The second-order valence-electron chi connectivity index (χ2n) is 7.00. The quantitative estimate of drug-likeness (QED) is 0.474. The molecule has 3 aromatic rings. The summed E-state index contributed by atoms with van der Waals surface area (Å²) < 4.78 is 31.7. The van der Waals surface area contributed by atoms with E-state index < -0.39 is 15.9 Å². The van der Waals surface area contributed by atoms with Crippen molar-refractivity contribution in [2.75, 3.05) is 11.9 Å². The normalized spacial score (nSPS) is 12.2. The molecule has 1 aromatic heterocycles. The molecule has 0 saturated heterocycles. The Bertz CT molecular complexity index is 1210. The fourth-order valence-corrected chi connectivity index (χ4v) is 4.15. The molecule has 0 aliphatic rings. The van der Waals surface area contributed by atoms with Gasteiger partial charge in [0.1, 0.15) is 11.6 Å². The topological polar surface area (TPSA) is 141 Å². The zero-order valence-electron chi connectivity index (χ0n) is 18.1. The number of carbonyl (C=O) groups is 1. The Balaban J connectivity index is 1.89. The fourth-order valence-electron chi connectivity index (χ4n) is 3.31. The molecule has 0 aliphatic carbocycles. The summed E-state index contributed by atoms with van der Waals surface area (Å²) in [7, 11) is -3.90. The van der Waals surface area contributed by atoms with Crippen molar-refractivity contribution in [3.8, 4) is 11.8 Å². The van der Waals surface area contributed by atoms with Crippen molar-refractivity contribution >= 4 is 21.7 Å². The van der Waals surface area contributed by atoms with E-state index in [9.17, 15) is 13.2 Å². The highest BCUT2D eigenvalue weighted by Crippen LogP contribution is 2.31. The molecule has 4 N–H and O–H groups in total. The fraction of sp³-hybridized carbons (Fsp3) is 0.286. The van der Waals surface area contributed by atoms with Crippen LogP contribution >= 0.6 is 0 Å². The molecule has 3 rings (SSSR count). The lowest BCUT2D eigenvalue weighted by Gasteiger charge is -2.16. The molecular weight excluding hydrogens is 432 g/mol. The van der Waals surface area contributed by atoms with Gasteiger partial charge in [-0.2, -0.15) is 0 Å². The standard InChI is InChI=1S/C21H26N6O4S/c1-4-23-20(28)24-15-9-8-10-16(13-15)31-21-26-25-19(27(21)5-2)14(3)17-11-6-7-12-18(17)32(22,29)30/h6-14H,4-5H2,1-3H3,(H2,22,29,30)(H2,23,24,28)/t14-/m1/s1. The Morgan fingerprint density at radius 2 is 1.91 bits per heavy atom. The number of urea groups is 1. The molecule has 1 atom stereocenters. The summed E-state index contributed by atoms with van der Waals surface area (Å²) in [4.78, 5) is 11.8. The number of ether oxygens (including phenoxy) is 1. The van der Waals surface area contributed by atoms with Gasteiger partial charge in [-0.3, -0.25) is 4.57 Å². The van der Waals surface area contributed by atoms with Gasteiger partial charge in [-0.25, -0.2) is 18.4 Å². The molecule has 0 fully saturated rings. The van der Waals surface area contributed by atoms with Crippen LogP contribution in [0.25, 0.3) is 0 Å². The van der Waals surface area contributed by atoms with E-state index in [-0.39, 0.29) is 16.9 Å². The first kappa shape index (κ1) is 23.2. The minimum Gasteiger partial charge on any atom is -0.424 e. The Labute approximate surface area is 186 Å². The third-order valence-corrected chi connectivity index (χ3v) is 5.76. The van der Waals surface area contributed by atoms with Gasteiger partial charge in [-0.05, 0) is 37.6 Å². The van der Waals surface area contributed by atoms with Crippen LogP contribution in [0.1, 0.15) is 38.1 Å². The van der Waals surface area contributed by atoms with Gasteiger partial charge in [0.2, 0.25) is 10.0 Å². The summed E-state index contributed by atoms with van der Waals surface area (Å²) in [5.74, 6) is 0.598. The lowest BCUT2D eigenvalue weighted by Crippen LogP contribution is -2.28. The molecule has 1 heterocycles. The van der Waals surface area contributed by atoms with E-state index in [1.807, 2.05) is 20.8 Å². The number of amides is 2. The van der Waals surface area contributed by atoms with Crippen molar-refractivity contribution in [2.24, 2.45) is 5.14 Å². The number of rotatable bonds is 8. The SMILES string of the molecule is CCNC(=O)Nc1cccc(Oc2nnc([C@H](C)c3ccccc3S(N)(=O)=O)n2CC)c1. The van der Waals surface area contributed by atoms with E-state index in [0.29, 0.717) is 35.9 Å². The summed E-state index contributed by atoms with van der Waals surface area (Å²) in [6.45, 7) is 6.58. The van der Waals surface area contributed by atoms with E-state index >= 15 is 0 Å². The number of nitrogens with one attached hydrogen (secondary N) is 2. The molecule has 0 unspecified atom stereocenters. The van der Waals surface area contributed by atoms with Crippen LogP contribution in [-0.2, 0) is 16.6 Å². The predicted molar refractivity (Wildman–Crippen MR) is 120 cm³/mol. The van der Waals surface area contributed by atoms with Crippen LogP contribution in [0, 0.1) is 0 Å². The van der Waals surface area contributed by atoms with Gasteiger partial charge in [0.15, 0.2) is 0 Å². The average molecular weight is 459 g/mol.